The number of aromatic amines is 1. The van der Waals surface area contributed by atoms with Crippen LogP contribution < -0.4 is 0 Å². The summed E-state index contributed by atoms with van der Waals surface area (Å²) in [6.07, 6.45) is 5.99. The molecule has 1 aliphatic carbocycles. The van der Waals surface area contributed by atoms with Crippen LogP contribution in [0.3, 0.4) is 0 Å². The van der Waals surface area contributed by atoms with Crippen molar-refractivity contribution in [2.24, 2.45) is 5.92 Å². The lowest BCUT2D eigenvalue weighted by Gasteiger charge is -2.32. The van der Waals surface area contributed by atoms with E-state index in [9.17, 15) is 14.7 Å². The molecule has 2 fully saturated rings. The van der Waals surface area contributed by atoms with E-state index in [2.05, 4.69) is 20.2 Å². The van der Waals surface area contributed by atoms with Crippen LogP contribution in [-0.4, -0.2) is 54.1 Å². The molecule has 2 aromatic heterocycles. The van der Waals surface area contributed by atoms with Gasteiger partial charge in [-0.1, -0.05) is 12.8 Å². The number of aliphatic carboxylic acids is 1. The highest BCUT2D eigenvalue weighted by atomic mass is 32.1. The monoisotopic (exact) mass is 361 g/mol. The van der Waals surface area contributed by atoms with Gasteiger partial charge in [-0.15, -0.1) is 11.3 Å². The van der Waals surface area contributed by atoms with Crippen LogP contribution in [-0.2, 0) is 4.79 Å². The van der Waals surface area contributed by atoms with E-state index in [0.29, 0.717) is 33.7 Å². The fourth-order valence-electron chi connectivity index (χ4n) is 4.09. The second kappa shape index (κ2) is 6.21. The molecule has 1 saturated carbocycles. The fourth-order valence-corrected chi connectivity index (χ4v) is 5.05. The van der Waals surface area contributed by atoms with E-state index in [1.54, 1.807) is 11.8 Å². The quantitative estimate of drug-likeness (QED) is 0.866. The molecule has 1 saturated heterocycles. The summed E-state index contributed by atoms with van der Waals surface area (Å²) >= 11 is 1.24. The number of aryl methyl sites for hydroxylation is 1. The van der Waals surface area contributed by atoms with Gasteiger partial charge in [-0.25, -0.2) is 14.8 Å². The molecule has 0 bridgehead atoms. The lowest BCUT2D eigenvalue weighted by Crippen LogP contribution is -2.46. The van der Waals surface area contributed by atoms with Crippen LogP contribution in [0.2, 0.25) is 0 Å². The number of carboxylic acid groups (broad SMARTS) is 1. The molecule has 1 amide bonds. The van der Waals surface area contributed by atoms with Crippen LogP contribution >= 0.6 is 11.3 Å². The van der Waals surface area contributed by atoms with Crippen molar-refractivity contribution in [2.75, 3.05) is 0 Å². The summed E-state index contributed by atoms with van der Waals surface area (Å²) in [6, 6.07) is -0.714. The molecule has 3 atom stereocenters. The largest absolute Gasteiger partial charge is 0.480 e. The third-order valence-corrected chi connectivity index (χ3v) is 6.37. The molecule has 0 spiro atoms. The standard InChI is InChI=1S/C16H19N5O3S/c1-8-12(25-14(19-8)13-17-7-18-20-13)15(22)21-10-5-3-2-4-9(10)6-11(21)16(23)24/h7,9-11H,2-6H2,1H3,(H,23,24)(H,17,18,20)/t9-,10+,11-/m0/s1. The number of amides is 1. The topological polar surface area (TPSA) is 112 Å². The molecule has 4 rings (SSSR count). The van der Waals surface area contributed by atoms with Crippen LogP contribution in [0.15, 0.2) is 6.33 Å². The highest BCUT2D eigenvalue weighted by molar-refractivity contribution is 7.17. The Balaban J connectivity index is 1.68. The summed E-state index contributed by atoms with van der Waals surface area (Å²) in [5, 5.41) is 16.8. The van der Waals surface area contributed by atoms with Gasteiger partial charge in [-0.2, -0.15) is 5.10 Å². The highest BCUT2D eigenvalue weighted by Gasteiger charge is 2.48. The number of carbonyl (C=O) groups is 2. The molecule has 132 valence electrons. The van der Waals surface area contributed by atoms with E-state index in [4.69, 9.17) is 0 Å². The Labute approximate surface area is 148 Å². The number of aromatic nitrogens is 4. The molecule has 9 heteroatoms. The molecule has 2 N–H and O–H groups in total. The van der Waals surface area contributed by atoms with Crippen molar-refractivity contribution in [2.45, 2.75) is 51.1 Å². The van der Waals surface area contributed by atoms with E-state index in [1.807, 2.05) is 0 Å². The highest BCUT2D eigenvalue weighted by Crippen LogP contribution is 2.41. The Hall–Kier alpha value is -2.29. The van der Waals surface area contributed by atoms with Gasteiger partial charge in [-0.05, 0) is 32.1 Å². The van der Waals surface area contributed by atoms with Crippen LogP contribution in [0.1, 0.15) is 47.5 Å². The summed E-state index contributed by atoms with van der Waals surface area (Å²) in [6.45, 7) is 1.77. The number of carboxylic acids is 1. The number of thiazole rings is 1. The number of H-pyrrole nitrogens is 1. The minimum atomic E-state index is -0.916. The predicted molar refractivity (Wildman–Crippen MR) is 90.2 cm³/mol. The van der Waals surface area contributed by atoms with Gasteiger partial charge in [0.15, 0.2) is 10.8 Å². The molecule has 0 aromatic carbocycles. The number of hydrogen-bond donors (Lipinski definition) is 2. The molecule has 2 aromatic rings. The minimum Gasteiger partial charge on any atom is -0.480 e. The van der Waals surface area contributed by atoms with Crippen molar-refractivity contribution in [1.29, 1.82) is 0 Å². The van der Waals surface area contributed by atoms with E-state index < -0.39 is 12.0 Å². The molecule has 2 aliphatic rings. The van der Waals surface area contributed by atoms with Gasteiger partial charge in [-0.3, -0.25) is 9.89 Å². The molecule has 8 nitrogen and oxygen atoms in total. The van der Waals surface area contributed by atoms with Gasteiger partial charge in [0.2, 0.25) is 0 Å². The third kappa shape index (κ3) is 2.72. The molecule has 0 radical (unpaired) electrons. The Bertz CT molecular complexity index is 803. The van der Waals surface area contributed by atoms with Crippen molar-refractivity contribution in [3.8, 4) is 10.8 Å². The normalized spacial score (nSPS) is 25.8. The second-order valence-electron chi connectivity index (χ2n) is 6.68. The first-order chi connectivity index (χ1) is 12.1. The van der Waals surface area contributed by atoms with Crippen LogP contribution in [0.4, 0.5) is 0 Å². The number of rotatable bonds is 3. The molecule has 25 heavy (non-hydrogen) atoms. The van der Waals surface area contributed by atoms with Crippen molar-refractivity contribution in [1.82, 2.24) is 25.1 Å². The van der Waals surface area contributed by atoms with Crippen LogP contribution in [0.25, 0.3) is 10.8 Å². The van der Waals surface area contributed by atoms with Crippen LogP contribution in [0, 0.1) is 12.8 Å². The summed E-state index contributed by atoms with van der Waals surface area (Å²) < 4.78 is 0. The SMILES string of the molecule is Cc1nc(-c2ncn[nH]2)sc1C(=O)N1[C@@H]2CCCC[C@H]2C[C@H]1C(=O)O. The first-order valence-electron chi connectivity index (χ1n) is 8.45. The average Bonchev–Trinajstić information content (AvgIpc) is 3.31. The number of nitrogens with zero attached hydrogens (tertiary/aromatic N) is 4. The summed E-state index contributed by atoms with van der Waals surface area (Å²) in [4.78, 5) is 35.5. The van der Waals surface area contributed by atoms with Gasteiger partial charge in [0.05, 0.1) is 5.69 Å². The van der Waals surface area contributed by atoms with Crippen molar-refractivity contribution in [3.63, 3.8) is 0 Å². The zero-order valence-electron chi connectivity index (χ0n) is 13.8. The van der Waals surface area contributed by atoms with Crippen molar-refractivity contribution < 1.29 is 14.7 Å². The van der Waals surface area contributed by atoms with Gasteiger partial charge in [0.1, 0.15) is 17.2 Å². The van der Waals surface area contributed by atoms with Gasteiger partial charge in [0, 0.05) is 6.04 Å². The Morgan fingerprint density at radius 2 is 2.16 bits per heavy atom. The zero-order valence-corrected chi connectivity index (χ0v) is 14.6. The van der Waals surface area contributed by atoms with Gasteiger partial charge in [0.25, 0.3) is 5.91 Å². The Morgan fingerprint density at radius 1 is 1.36 bits per heavy atom. The summed E-state index contributed by atoms with van der Waals surface area (Å²) in [5.41, 5.74) is 0.602. The number of hydrogen-bond acceptors (Lipinski definition) is 6. The average molecular weight is 361 g/mol. The Morgan fingerprint density at radius 3 is 2.88 bits per heavy atom. The van der Waals surface area contributed by atoms with E-state index >= 15 is 0 Å². The lowest BCUT2D eigenvalue weighted by molar-refractivity contribution is -0.141. The maximum absolute atomic E-state index is 13.2. The first kappa shape index (κ1) is 16.2. The van der Waals surface area contributed by atoms with Crippen molar-refractivity contribution >= 4 is 23.2 Å². The van der Waals surface area contributed by atoms with E-state index in [0.717, 1.165) is 25.7 Å². The first-order valence-corrected chi connectivity index (χ1v) is 9.26. The van der Waals surface area contributed by atoms with Crippen LogP contribution in [0.5, 0.6) is 0 Å². The molecule has 3 heterocycles. The van der Waals surface area contributed by atoms with Crippen molar-refractivity contribution in [3.05, 3.63) is 16.9 Å². The summed E-state index contributed by atoms with van der Waals surface area (Å²) in [5.74, 6) is -0.331. The third-order valence-electron chi connectivity index (χ3n) is 5.22. The minimum absolute atomic E-state index is 0.0255. The van der Waals surface area contributed by atoms with E-state index in [1.165, 1.54) is 17.7 Å². The maximum atomic E-state index is 13.2. The maximum Gasteiger partial charge on any atom is 0.326 e. The Kier molecular flexibility index (Phi) is 4.03. The molecule has 0 unspecified atom stereocenters. The zero-order chi connectivity index (χ0) is 17.6. The fraction of sp³-hybridized carbons (Fsp3) is 0.562. The predicted octanol–water partition coefficient (Wildman–Crippen LogP) is 2.09. The van der Waals surface area contributed by atoms with E-state index in [-0.39, 0.29) is 11.9 Å². The summed E-state index contributed by atoms with van der Waals surface area (Å²) in [7, 11) is 0. The van der Waals surface area contributed by atoms with Gasteiger partial charge < -0.3 is 10.0 Å². The number of likely N-dealkylation sites (tertiary alicyclic amines) is 1. The number of nitrogens with one attached hydrogen (secondary N) is 1. The van der Waals surface area contributed by atoms with Gasteiger partial charge >= 0.3 is 5.97 Å². The second-order valence-corrected chi connectivity index (χ2v) is 7.68. The molecular formula is C16H19N5O3S. The lowest BCUT2D eigenvalue weighted by atomic mass is 9.85. The molecular weight excluding hydrogens is 342 g/mol. The number of carbonyl (C=O) groups excluding carboxylic acids is 1. The smallest absolute Gasteiger partial charge is 0.326 e. The molecule has 1 aliphatic heterocycles. The number of fused-ring (bicyclic) bond motifs is 1.